The molecule has 0 fully saturated rings. The molecule has 0 aliphatic rings. The smallest absolute Gasteiger partial charge is 0.210 e. The summed E-state index contributed by atoms with van der Waals surface area (Å²) in [5.41, 5.74) is 0.717. The average molecular weight is 249 g/mol. The third-order valence-corrected chi connectivity index (χ3v) is 3.13. The van der Waals surface area contributed by atoms with E-state index in [1.54, 1.807) is 12.1 Å². The second kappa shape index (κ2) is 5.59. The molecule has 1 nitrogen and oxygen atoms in total. The quantitative estimate of drug-likeness (QED) is 0.590. The second-order valence-corrected chi connectivity index (χ2v) is 4.14. The molecule has 0 saturated carbocycles. The molecule has 0 radical (unpaired) electrons. The molecule has 1 rings (SSSR count). The monoisotopic (exact) mass is 249 g/mol. The van der Waals surface area contributed by atoms with E-state index in [1.165, 1.54) is 18.7 Å². The molecule has 90 valence electrons. The zero-order chi connectivity index (χ0) is 12.2. The van der Waals surface area contributed by atoms with Gasteiger partial charge in [-0.25, -0.2) is 4.90 Å². The fraction of sp³-hybridized carbons (Fsp3) is 0.455. The topological polar surface area (TPSA) is 3.24 Å². The van der Waals surface area contributed by atoms with Crippen LogP contribution in [0.2, 0.25) is 0 Å². The fourth-order valence-corrected chi connectivity index (χ4v) is 2.03. The standard InChI is InChI=1S/C11H14F3NS/c1-3-15(11(12,13)14)8-9-6-4-5-7-10(9)16-2/h4-7H,3,8H2,1-2H3. The van der Waals surface area contributed by atoms with E-state index < -0.39 is 6.30 Å². The lowest BCUT2D eigenvalue weighted by Crippen LogP contribution is -2.37. The molecule has 0 saturated heterocycles. The van der Waals surface area contributed by atoms with E-state index in [1.807, 2.05) is 18.4 Å². The maximum Gasteiger partial charge on any atom is 0.460 e. The van der Waals surface area contributed by atoms with Crippen LogP contribution in [-0.2, 0) is 6.54 Å². The second-order valence-electron chi connectivity index (χ2n) is 3.29. The number of nitrogens with zero attached hydrogens (tertiary/aromatic N) is 1. The van der Waals surface area contributed by atoms with Crippen LogP contribution >= 0.6 is 11.8 Å². The molecule has 0 aliphatic carbocycles. The summed E-state index contributed by atoms with van der Waals surface area (Å²) in [5, 5.41) is 0. The molecule has 0 spiro atoms. The van der Waals surface area contributed by atoms with Crippen molar-refractivity contribution in [1.82, 2.24) is 4.90 Å². The number of hydrogen-bond acceptors (Lipinski definition) is 2. The zero-order valence-corrected chi connectivity index (χ0v) is 10.0. The Morgan fingerprint density at radius 1 is 1.25 bits per heavy atom. The van der Waals surface area contributed by atoms with Crippen LogP contribution in [-0.4, -0.2) is 24.0 Å². The van der Waals surface area contributed by atoms with Crippen LogP contribution in [0.1, 0.15) is 12.5 Å². The summed E-state index contributed by atoms with van der Waals surface area (Å²) in [4.78, 5) is 1.40. The molecule has 16 heavy (non-hydrogen) atoms. The number of halogens is 3. The van der Waals surface area contributed by atoms with Gasteiger partial charge in [0.25, 0.3) is 0 Å². The highest BCUT2D eigenvalue weighted by atomic mass is 32.2. The molecule has 0 N–H and O–H groups in total. The first kappa shape index (κ1) is 13.4. The van der Waals surface area contributed by atoms with Crippen molar-refractivity contribution in [3.8, 4) is 0 Å². The number of benzene rings is 1. The Hall–Kier alpha value is -0.680. The molecule has 0 heterocycles. The Labute approximate surface area is 97.6 Å². The highest BCUT2D eigenvalue weighted by molar-refractivity contribution is 7.98. The summed E-state index contributed by atoms with van der Waals surface area (Å²) in [6, 6.07) is 7.17. The van der Waals surface area contributed by atoms with Crippen molar-refractivity contribution in [2.45, 2.75) is 24.7 Å². The molecule has 0 aromatic heterocycles. The summed E-state index contributed by atoms with van der Waals surface area (Å²) < 4.78 is 37.7. The molecule has 0 amide bonds. The van der Waals surface area contributed by atoms with Gasteiger partial charge in [-0.1, -0.05) is 25.1 Å². The van der Waals surface area contributed by atoms with Crippen LogP contribution in [0.5, 0.6) is 0 Å². The van der Waals surface area contributed by atoms with Gasteiger partial charge in [-0.15, -0.1) is 11.8 Å². The van der Waals surface area contributed by atoms with Crippen LogP contribution in [0.25, 0.3) is 0 Å². The lowest BCUT2D eigenvalue weighted by molar-refractivity contribution is -0.248. The first-order valence-corrected chi connectivity index (χ1v) is 6.15. The number of alkyl halides is 3. The van der Waals surface area contributed by atoms with Crippen molar-refractivity contribution in [2.75, 3.05) is 12.8 Å². The zero-order valence-electron chi connectivity index (χ0n) is 9.21. The van der Waals surface area contributed by atoms with Crippen molar-refractivity contribution >= 4 is 11.8 Å². The van der Waals surface area contributed by atoms with Crippen LogP contribution in [0, 0.1) is 0 Å². The first-order valence-electron chi connectivity index (χ1n) is 4.92. The van der Waals surface area contributed by atoms with Gasteiger partial charge < -0.3 is 0 Å². The van der Waals surface area contributed by atoms with Gasteiger partial charge in [-0.3, -0.25) is 0 Å². The minimum atomic E-state index is -4.26. The molecule has 0 unspecified atom stereocenters. The normalized spacial score (nSPS) is 12.1. The maximum absolute atomic E-state index is 12.6. The highest BCUT2D eigenvalue weighted by Gasteiger charge is 2.35. The lowest BCUT2D eigenvalue weighted by Gasteiger charge is -2.24. The predicted molar refractivity (Wildman–Crippen MR) is 60.4 cm³/mol. The fourth-order valence-electron chi connectivity index (χ4n) is 1.42. The van der Waals surface area contributed by atoms with Gasteiger partial charge >= 0.3 is 6.30 Å². The van der Waals surface area contributed by atoms with Gasteiger partial charge in [0.05, 0.1) is 0 Å². The van der Waals surface area contributed by atoms with Crippen molar-refractivity contribution in [3.05, 3.63) is 29.8 Å². The van der Waals surface area contributed by atoms with E-state index in [-0.39, 0.29) is 13.1 Å². The molecule has 0 atom stereocenters. The SMILES string of the molecule is CCN(Cc1ccccc1SC)C(F)(F)F. The van der Waals surface area contributed by atoms with Crippen molar-refractivity contribution in [2.24, 2.45) is 0 Å². The molecule has 5 heteroatoms. The number of hydrogen-bond donors (Lipinski definition) is 0. The van der Waals surface area contributed by atoms with E-state index in [0.717, 1.165) is 4.90 Å². The first-order chi connectivity index (χ1) is 7.49. The lowest BCUT2D eigenvalue weighted by atomic mass is 10.2. The molecule has 0 bridgehead atoms. The van der Waals surface area contributed by atoms with Gasteiger partial charge in [-0.2, -0.15) is 13.2 Å². The van der Waals surface area contributed by atoms with E-state index in [9.17, 15) is 13.2 Å². The molecule has 1 aromatic rings. The molecular weight excluding hydrogens is 235 g/mol. The third-order valence-electron chi connectivity index (χ3n) is 2.29. The highest BCUT2D eigenvalue weighted by Crippen LogP contribution is 2.27. The predicted octanol–water partition coefficient (Wildman–Crippen LogP) is 3.75. The van der Waals surface area contributed by atoms with E-state index in [0.29, 0.717) is 10.5 Å². The Kier molecular flexibility index (Phi) is 4.68. The Balaban J connectivity index is 2.86. The van der Waals surface area contributed by atoms with Gasteiger partial charge in [0.2, 0.25) is 0 Å². The van der Waals surface area contributed by atoms with E-state index in [2.05, 4.69) is 0 Å². The summed E-state index contributed by atoms with van der Waals surface area (Å²) in [6.45, 7) is 1.39. The minimum absolute atomic E-state index is 0.0355. The van der Waals surface area contributed by atoms with Crippen molar-refractivity contribution in [3.63, 3.8) is 0 Å². The molecule has 1 aromatic carbocycles. The van der Waals surface area contributed by atoms with E-state index in [4.69, 9.17) is 0 Å². The van der Waals surface area contributed by atoms with Crippen LogP contribution in [0.15, 0.2) is 29.2 Å². The summed E-state index contributed by atoms with van der Waals surface area (Å²) in [7, 11) is 0. The number of thioether (sulfide) groups is 1. The van der Waals surface area contributed by atoms with Gasteiger partial charge in [0.1, 0.15) is 0 Å². The average Bonchev–Trinajstić information content (AvgIpc) is 2.24. The molecule has 0 aliphatic heterocycles. The summed E-state index contributed by atoms with van der Waals surface area (Å²) >= 11 is 1.46. The third kappa shape index (κ3) is 3.42. The Morgan fingerprint density at radius 3 is 2.38 bits per heavy atom. The van der Waals surface area contributed by atoms with Crippen LogP contribution < -0.4 is 0 Å². The van der Waals surface area contributed by atoms with Crippen LogP contribution in [0.3, 0.4) is 0 Å². The number of rotatable bonds is 4. The van der Waals surface area contributed by atoms with Gasteiger partial charge in [0.15, 0.2) is 0 Å². The van der Waals surface area contributed by atoms with Crippen molar-refractivity contribution < 1.29 is 13.2 Å². The minimum Gasteiger partial charge on any atom is -0.210 e. The van der Waals surface area contributed by atoms with Crippen LogP contribution in [0.4, 0.5) is 13.2 Å². The summed E-state index contributed by atoms with van der Waals surface area (Å²) in [5.74, 6) is 0. The summed E-state index contributed by atoms with van der Waals surface area (Å²) in [6.07, 6.45) is -2.40. The molecular formula is C11H14F3NS. The van der Waals surface area contributed by atoms with Gasteiger partial charge in [-0.05, 0) is 17.9 Å². The van der Waals surface area contributed by atoms with Gasteiger partial charge in [0, 0.05) is 18.0 Å². The Morgan fingerprint density at radius 2 is 1.88 bits per heavy atom. The largest absolute Gasteiger partial charge is 0.460 e. The Bertz CT molecular complexity index is 338. The van der Waals surface area contributed by atoms with E-state index >= 15 is 0 Å². The maximum atomic E-state index is 12.6. The van der Waals surface area contributed by atoms with Crippen molar-refractivity contribution in [1.29, 1.82) is 0 Å².